The molecule has 1 aromatic heterocycles. The van der Waals surface area contributed by atoms with E-state index in [0.29, 0.717) is 6.42 Å². The third-order valence-electron chi connectivity index (χ3n) is 3.36. The van der Waals surface area contributed by atoms with E-state index < -0.39 is 0 Å². The Balaban J connectivity index is 2.08. The summed E-state index contributed by atoms with van der Waals surface area (Å²) in [6.45, 7) is 2.84. The van der Waals surface area contributed by atoms with E-state index in [9.17, 15) is 0 Å². The van der Waals surface area contributed by atoms with Crippen molar-refractivity contribution in [2.45, 2.75) is 32.4 Å². The fourth-order valence-electron chi connectivity index (χ4n) is 2.35. The highest BCUT2D eigenvalue weighted by Crippen LogP contribution is 2.17. The van der Waals surface area contributed by atoms with Crippen LogP contribution in [0.1, 0.15) is 36.2 Å². The maximum absolute atomic E-state index is 8.99. The van der Waals surface area contributed by atoms with E-state index in [-0.39, 0.29) is 6.04 Å². The minimum absolute atomic E-state index is 0.0612. The van der Waals surface area contributed by atoms with Crippen LogP contribution in [0, 0.1) is 11.3 Å². The van der Waals surface area contributed by atoms with Crippen molar-refractivity contribution in [3.05, 3.63) is 53.3 Å². The maximum atomic E-state index is 8.99. The summed E-state index contributed by atoms with van der Waals surface area (Å²) in [6.07, 6.45) is 3.43. The highest BCUT2D eigenvalue weighted by atomic mass is 15.3. The number of nitrogens with zero attached hydrogens (tertiary/aromatic N) is 3. The molecule has 4 nitrogen and oxygen atoms in total. The molecule has 0 aliphatic heterocycles. The molecule has 0 spiro atoms. The van der Waals surface area contributed by atoms with E-state index in [2.05, 4.69) is 35.5 Å². The standard InChI is InChI=1S/C16H20N4/c1-3-15-14(12-20(2)19-15)11-18-16(9-10-17)13-7-5-4-6-8-13/h4-8,12,16,18H,3,9,11H2,1-2H3. The summed E-state index contributed by atoms with van der Waals surface area (Å²) < 4.78 is 1.84. The lowest BCUT2D eigenvalue weighted by molar-refractivity contribution is 0.541. The van der Waals surface area contributed by atoms with Crippen LogP contribution in [0.15, 0.2) is 36.5 Å². The van der Waals surface area contributed by atoms with Gasteiger partial charge in [0, 0.05) is 31.4 Å². The van der Waals surface area contributed by atoms with Crippen LogP contribution in [0.25, 0.3) is 0 Å². The van der Waals surface area contributed by atoms with Crippen molar-refractivity contribution in [3.8, 4) is 6.07 Å². The number of aryl methyl sites for hydroxylation is 2. The van der Waals surface area contributed by atoms with Crippen LogP contribution in [0.2, 0.25) is 0 Å². The zero-order valence-corrected chi connectivity index (χ0v) is 12.0. The van der Waals surface area contributed by atoms with Gasteiger partial charge in [0.15, 0.2) is 0 Å². The Morgan fingerprint density at radius 2 is 2.10 bits per heavy atom. The van der Waals surface area contributed by atoms with Crippen molar-refractivity contribution in [3.63, 3.8) is 0 Å². The van der Waals surface area contributed by atoms with E-state index in [1.54, 1.807) is 0 Å². The summed E-state index contributed by atoms with van der Waals surface area (Å²) in [4.78, 5) is 0. The SMILES string of the molecule is CCc1nn(C)cc1CNC(CC#N)c1ccccc1. The summed E-state index contributed by atoms with van der Waals surface area (Å²) >= 11 is 0. The molecular formula is C16H20N4. The number of benzene rings is 1. The molecule has 1 N–H and O–H groups in total. The zero-order valence-electron chi connectivity index (χ0n) is 12.0. The Morgan fingerprint density at radius 3 is 2.75 bits per heavy atom. The highest BCUT2D eigenvalue weighted by Gasteiger charge is 2.12. The molecule has 1 atom stereocenters. The zero-order chi connectivity index (χ0) is 14.4. The monoisotopic (exact) mass is 268 g/mol. The molecule has 0 amide bonds. The first-order valence-electron chi connectivity index (χ1n) is 6.91. The first kappa shape index (κ1) is 14.3. The number of hydrogen-bond acceptors (Lipinski definition) is 3. The van der Waals surface area contributed by atoms with Crippen LogP contribution >= 0.6 is 0 Å². The molecule has 1 heterocycles. The molecule has 0 bridgehead atoms. The minimum atomic E-state index is 0.0612. The molecule has 0 saturated carbocycles. The molecule has 1 unspecified atom stereocenters. The van der Waals surface area contributed by atoms with Gasteiger partial charge in [-0.3, -0.25) is 4.68 Å². The molecule has 4 heteroatoms. The van der Waals surface area contributed by atoms with Crippen molar-refractivity contribution in [2.75, 3.05) is 0 Å². The smallest absolute Gasteiger partial charge is 0.0666 e. The van der Waals surface area contributed by atoms with Gasteiger partial charge in [-0.1, -0.05) is 37.3 Å². The maximum Gasteiger partial charge on any atom is 0.0666 e. The second kappa shape index (κ2) is 6.88. The quantitative estimate of drug-likeness (QED) is 0.876. The predicted molar refractivity (Wildman–Crippen MR) is 78.8 cm³/mol. The molecule has 2 rings (SSSR count). The fourth-order valence-corrected chi connectivity index (χ4v) is 2.35. The molecule has 0 radical (unpaired) electrons. The van der Waals surface area contributed by atoms with Gasteiger partial charge in [0.2, 0.25) is 0 Å². The van der Waals surface area contributed by atoms with Gasteiger partial charge < -0.3 is 5.32 Å². The Labute approximate surface area is 120 Å². The van der Waals surface area contributed by atoms with Gasteiger partial charge in [0.1, 0.15) is 0 Å². The van der Waals surface area contributed by atoms with Crippen LogP contribution in [0.3, 0.4) is 0 Å². The van der Waals surface area contributed by atoms with Gasteiger partial charge in [-0.05, 0) is 12.0 Å². The number of hydrogen-bond donors (Lipinski definition) is 1. The summed E-state index contributed by atoms with van der Waals surface area (Å²) in [5.41, 5.74) is 3.47. The molecular weight excluding hydrogens is 248 g/mol. The van der Waals surface area contributed by atoms with E-state index in [1.807, 2.05) is 36.1 Å². The normalized spacial score (nSPS) is 12.1. The van der Waals surface area contributed by atoms with Crippen LogP contribution in [0.5, 0.6) is 0 Å². The van der Waals surface area contributed by atoms with Crippen molar-refractivity contribution >= 4 is 0 Å². The van der Waals surface area contributed by atoms with Crippen LogP contribution in [-0.2, 0) is 20.0 Å². The average molecular weight is 268 g/mol. The number of nitrogens with one attached hydrogen (secondary N) is 1. The van der Waals surface area contributed by atoms with Gasteiger partial charge >= 0.3 is 0 Å². The lowest BCUT2D eigenvalue weighted by Gasteiger charge is -2.16. The van der Waals surface area contributed by atoms with Gasteiger partial charge in [-0.15, -0.1) is 0 Å². The summed E-state index contributed by atoms with van der Waals surface area (Å²) in [6, 6.07) is 12.4. The molecule has 0 fully saturated rings. The first-order valence-corrected chi connectivity index (χ1v) is 6.91. The Hall–Kier alpha value is -2.12. The Morgan fingerprint density at radius 1 is 1.35 bits per heavy atom. The van der Waals surface area contributed by atoms with E-state index in [0.717, 1.165) is 24.2 Å². The summed E-state index contributed by atoms with van der Waals surface area (Å²) in [5, 5.41) is 16.9. The Kier molecular flexibility index (Phi) is 4.91. The fraction of sp³-hybridized carbons (Fsp3) is 0.375. The number of rotatable bonds is 6. The van der Waals surface area contributed by atoms with Crippen molar-refractivity contribution in [1.29, 1.82) is 5.26 Å². The average Bonchev–Trinajstić information content (AvgIpc) is 2.84. The van der Waals surface area contributed by atoms with Crippen LogP contribution in [-0.4, -0.2) is 9.78 Å². The van der Waals surface area contributed by atoms with E-state index in [1.165, 1.54) is 5.56 Å². The molecule has 104 valence electrons. The van der Waals surface area contributed by atoms with E-state index >= 15 is 0 Å². The Bertz CT molecular complexity index is 580. The second-order valence-electron chi connectivity index (χ2n) is 4.83. The van der Waals surface area contributed by atoms with Crippen molar-refractivity contribution in [2.24, 2.45) is 7.05 Å². The van der Waals surface area contributed by atoms with E-state index in [4.69, 9.17) is 5.26 Å². The van der Waals surface area contributed by atoms with Crippen molar-refractivity contribution in [1.82, 2.24) is 15.1 Å². The van der Waals surface area contributed by atoms with Gasteiger partial charge in [-0.2, -0.15) is 10.4 Å². The largest absolute Gasteiger partial charge is 0.305 e. The molecule has 1 aromatic carbocycles. The summed E-state index contributed by atoms with van der Waals surface area (Å²) in [5.74, 6) is 0. The van der Waals surface area contributed by atoms with Gasteiger partial charge in [0.05, 0.1) is 18.2 Å². The topological polar surface area (TPSA) is 53.6 Å². The first-order chi connectivity index (χ1) is 9.74. The van der Waals surface area contributed by atoms with Crippen LogP contribution < -0.4 is 5.32 Å². The lowest BCUT2D eigenvalue weighted by Crippen LogP contribution is -2.21. The summed E-state index contributed by atoms with van der Waals surface area (Å²) in [7, 11) is 1.94. The molecule has 0 aliphatic carbocycles. The molecule has 0 saturated heterocycles. The predicted octanol–water partition coefficient (Wildman–Crippen LogP) is 2.73. The lowest BCUT2D eigenvalue weighted by atomic mass is 10.0. The van der Waals surface area contributed by atoms with Gasteiger partial charge in [0.25, 0.3) is 0 Å². The van der Waals surface area contributed by atoms with Crippen molar-refractivity contribution < 1.29 is 0 Å². The third kappa shape index (κ3) is 3.46. The molecule has 0 aliphatic rings. The number of nitriles is 1. The van der Waals surface area contributed by atoms with Crippen LogP contribution in [0.4, 0.5) is 0 Å². The molecule has 20 heavy (non-hydrogen) atoms. The van der Waals surface area contributed by atoms with Gasteiger partial charge in [-0.25, -0.2) is 0 Å². The minimum Gasteiger partial charge on any atom is -0.305 e. The molecule has 2 aromatic rings. The highest BCUT2D eigenvalue weighted by molar-refractivity contribution is 5.21. The second-order valence-corrected chi connectivity index (χ2v) is 4.83. The number of aromatic nitrogens is 2. The third-order valence-corrected chi connectivity index (χ3v) is 3.36.